The number of phosphoric acid groups is 1. The van der Waals surface area contributed by atoms with Gasteiger partial charge in [-0.25, -0.2) is 9.55 Å². The van der Waals surface area contributed by atoms with Crippen LogP contribution < -0.4 is 11.3 Å². The van der Waals surface area contributed by atoms with E-state index in [0.29, 0.717) is 6.42 Å². The molecular weight excluding hydrogens is 369 g/mol. The molecule has 2 aromatic rings. The molecule has 12 nitrogen and oxygen atoms in total. The summed E-state index contributed by atoms with van der Waals surface area (Å²) in [6, 6.07) is 0. The summed E-state index contributed by atoms with van der Waals surface area (Å²) in [4.78, 5) is 31.7. The van der Waals surface area contributed by atoms with E-state index in [0.717, 1.165) is 7.11 Å². The summed E-state index contributed by atoms with van der Waals surface area (Å²) < 4.78 is 28.2. The predicted molar refractivity (Wildman–Crippen MR) is 91.2 cm³/mol. The van der Waals surface area contributed by atoms with Crippen LogP contribution in [0, 0.1) is 0 Å². The molecule has 0 aliphatic carbocycles. The van der Waals surface area contributed by atoms with Gasteiger partial charge >= 0.3 is 7.82 Å². The highest BCUT2D eigenvalue weighted by Crippen LogP contribution is 2.44. The molecule has 2 aromatic heterocycles. The number of hydrogen-bond donors (Lipinski definition) is 4. The number of aromatic amines is 1. The second-order valence-corrected chi connectivity index (χ2v) is 6.95. The summed E-state index contributed by atoms with van der Waals surface area (Å²) >= 11 is 0. The van der Waals surface area contributed by atoms with Crippen molar-refractivity contribution in [2.24, 2.45) is 0 Å². The quantitative estimate of drug-likeness (QED) is 0.430. The van der Waals surface area contributed by atoms with Crippen LogP contribution in [0.2, 0.25) is 0 Å². The van der Waals surface area contributed by atoms with Crippen molar-refractivity contribution in [1.29, 1.82) is 0 Å². The number of anilines is 1. The van der Waals surface area contributed by atoms with Gasteiger partial charge in [0.05, 0.1) is 19.0 Å². The summed E-state index contributed by atoms with van der Waals surface area (Å²) in [5.41, 5.74) is 5.39. The fourth-order valence-corrected chi connectivity index (χ4v) is 3.04. The van der Waals surface area contributed by atoms with E-state index in [1.165, 1.54) is 10.9 Å². The van der Waals surface area contributed by atoms with Crippen LogP contribution in [0.15, 0.2) is 11.1 Å². The molecule has 0 saturated heterocycles. The molecule has 0 saturated carbocycles. The van der Waals surface area contributed by atoms with Gasteiger partial charge in [-0.15, -0.1) is 0 Å². The third kappa shape index (κ3) is 4.47. The van der Waals surface area contributed by atoms with Crippen molar-refractivity contribution in [3.05, 3.63) is 16.7 Å². The van der Waals surface area contributed by atoms with E-state index in [1.807, 2.05) is 0 Å². The second-order valence-electron chi connectivity index (χ2n) is 5.43. The first-order valence-corrected chi connectivity index (χ1v) is 9.27. The van der Waals surface area contributed by atoms with Gasteiger partial charge in [0.15, 0.2) is 11.2 Å². The lowest BCUT2D eigenvalue weighted by atomic mass is 10.1. The lowest BCUT2D eigenvalue weighted by molar-refractivity contribution is -0.107. The van der Waals surface area contributed by atoms with Crippen molar-refractivity contribution >= 4 is 24.9 Å². The van der Waals surface area contributed by atoms with Crippen molar-refractivity contribution in [2.45, 2.75) is 38.7 Å². The molecule has 0 spiro atoms. The molecule has 3 unspecified atom stereocenters. The number of imidazole rings is 1. The first-order chi connectivity index (χ1) is 12.2. The second kappa shape index (κ2) is 8.25. The minimum absolute atomic E-state index is 0.0682. The smallest absolute Gasteiger partial charge is 0.394 e. The molecule has 0 fully saturated rings. The van der Waals surface area contributed by atoms with Gasteiger partial charge < -0.3 is 20.5 Å². The van der Waals surface area contributed by atoms with Crippen molar-refractivity contribution in [3.63, 3.8) is 0 Å². The van der Waals surface area contributed by atoms with Gasteiger partial charge in [-0.1, -0.05) is 6.92 Å². The number of nitrogens with two attached hydrogens (primary N) is 1. The third-order valence-electron chi connectivity index (χ3n) is 3.71. The largest absolute Gasteiger partial charge is 0.472 e. The standard InChI is InChI=1S/C13H22N5O7P/c1-4-8(9(5-19)25-26(21,22)23-3)24-7(2)18-6-15-10-11(18)16-13(14)17-12(10)20/h6-9,19H,4-5H2,1-3H3,(H,21,22)(H3,14,16,17,20)/t7?,8-,9?/m0/s1. The normalized spacial score (nSPS) is 17.7. The number of nitrogens with one attached hydrogen (secondary N) is 1. The van der Waals surface area contributed by atoms with E-state index in [4.69, 9.17) is 15.0 Å². The first kappa shape index (κ1) is 20.5. The Balaban J connectivity index is 2.25. The van der Waals surface area contributed by atoms with Crippen LogP contribution in [0.25, 0.3) is 11.2 Å². The van der Waals surface area contributed by atoms with Crippen molar-refractivity contribution < 1.29 is 28.3 Å². The lowest BCUT2D eigenvalue weighted by Gasteiger charge is -2.29. The summed E-state index contributed by atoms with van der Waals surface area (Å²) in [5.74, 6) is -0.0682. The Kier molecular flexibility index (Phi) is 6.50. The zero-order valence-electron chi connectivity index (χ0n) is 14.5. The third-order valence-corrected chi connectivity index (χ3v) is 4.71. The van der Waals surface area contributed by atoms with E-state index >= 15 is 0 Å². The van der Waals surface area contributed by atoms with Crippen molar-refractivity contribution in [3.8, 4) is 0 Å². The number of fused-ring (bicyclic) bond motifs is 1. The van der Waals surface area contributed by atoms with Gasteiger partial charge in [-0.05, 0) is 13.3 Å². The highest BCUT2D eigenvalue weighted by atomic mass is 31.2. The summed E-state index contributed by atoms with van der Waals surface area (Å²) in [5, 5.41) is 9.49. The van der Waals surface area contributed by atoms with Gasteiger partial charge in [0, 0.05) is 7.11 Å². The number of phosphoric ester groups is 1. The van der Waals surface area contributed by atoms with Gasteiger partial charge in [0.2, 0.25) is 5.95 Å². The topological polar surface area (TPSA) is 175 Å². The number of aromatic nitrogens is 4. The average Bonchev–Trinajstić information content (AvgIpc) is 3.01. The predicted octanol–water partition coefficient (Wildman–Crippen LogP) is 0.140. The van der Waals surface area contributed by atoms with Crippen LogP contribution >= 0.6 is 7.82 Å². The van der Waals surface area contributed by atoms with Crippen LogP contribution in [0.4, 0.5) is 5.95 Å². The number of hydrogen-bond acceptors (Lipinski definition) is 9. The zero-order valence-corrected chi connectivity index (χ0v) is 15.4. The molecule has 0 aliphatic rings. The minimum atomic E-state index is -4.30. The Morgan fingerprint density at radius 2 is 2.15 bits per heavy atom. The van der Waals surface area contributed by atoms with E-state index in [1.54, 1.807) is 13.8 Å². The molecule has 26 heavy (non-hydrogen) atoms. The fourth-order valence-electron chi connectivity index (χ4n) is 2.41. The number of aliphatic hydroxyl groups is 1. The van der Waals surface area contributed by atoms with Crippen LogP contribution in [0.1, 0.15) is 26.5 Å². The summed E-state index contributed by atoms with van der Waals surface area (Å²) in [6.45, 7) is 2.85. The molecule has 5 N–H and O–H groups in total. The van der Waals surface area contributed by atoms with Crippen LogP contribution in [0.3, 0.4) is 0 Å². The maximum absolute atomic E-state index is 11.8. The van der Waals surface area contributed by atoms with Gasteiger partial charge in [0.1, 0.15) is 12.3 Å². The molecule has 0 aromatic carbocycles. The lowest BCUT2D eigenvalue weighted by Crippen LogP contribution is -2.35. The number of aliphatic hydroxyl groups excluding tert-OH is 1. The maximum Gasteiger partial charge on any atom is 0.472 e. The summed E-state index contributed by atoms with van der Waals surface area (Å²) in [6.07, 6.45) is -0.805. The summed E-state index contributed by atoms with van der Waals surface area (Å²) in [7, 11) is -3.28. The minimum Gasteiger partial charge on any atom is -0.394 e. The highest BCUT2D eigenvalue weighted by molar-refractivity contribution is 7.47. The highest BCUT2D eigenvalue weighted by Gasteiger charge is 2.32. The van der Waals surface area contributed by atoms with Crippen LogP contribution in [-0.4, -0.2) is 55.4 Å². The first-order valence-electron chi connectivity index (χ1n) is 7.78. The Hall–Kier alpha value is -1.82. The number of nitrogen functional groups attached to an aromatic ring is 1. The molecule has 0 radical (unpaired) electrons. The number of rotatable bonds is 9. The van der Waals surface area contributed by atoms with Gasteiger partial charge in [0.25, 0.3) is 5.56 Å². The molecule has 0 amide bonds. The molecule has 146 valence electrons. The zero-order chi connectivity index (χ0) is 19.5. The van der Waals surface area contributed by atoms with Crippen molar-refractivity contribution in [1.82, 2.24) is 19.5 Å². The van der Waals surface area contributed by atoms with E-state index in [-0.39, 0.29) is 17.1 Å². The van der Waals surface area contributed by atoms with Gasteiger partial charge in [-0.2, -0.15) is 4.98 Å². The molecule has 0 bridgehead atoms. The molecule has 4 atom stereocenters. The molecule has 2 rings (SSSR count). The van der Waals surface area contributed by atoms with E-state index in [2.05, 4.69) is 19.5 Å². The van der Waals surface area contributed by atoms with Crippen molar-refractivity contribution in [2.75, 3.05) is 19.5 Å². The Labute approximate surface area is 148 Å². The maximum atomic E-state index is 11.8. The monoisotopic (exact) mass is 391 g/mol. The molecule has 2 heterocycles. The van der Waals surface area contributed by atoms with E-state index in [9.17, 15) is 19.4 Å². The Morgan fingerprint density at radius 1 is 1.46 bits per heavy atom. The average molecular weight is 391 g/mol. The Bertz CT molecular complexity index is 853. The number of nitrogens with zero attached hydrogens (tertiary/aromatic N) is 3. The van der Waals surface area contributed by atoms with Crippen LogP contribution in [-0.2, 0) is 18.3 Å². The number of ether oxygens (including phenoxy) is 1. The molecule has 13 heteroatoms. The molecular formula is C13H22N5O7P. The van der Waals surface area contributed by atoms with E-state index < -0.39 is 38.4 Å². The van der Waals surface area contributed by atoms with Crippen LogP contribution in [0.5, 0.6) is 0 Å². The SMILES string of the molecule is CC[C@H](OC(C)n1cnc2c(=O)[nH]c(N)nc21)C(CO)OP(=O)(O)OC. The number of H-pyrrole nitrogens is 1. The Morgan fingerprint density at radius 3 is 2.73 bits per heavy atom. The molecule has 0 aliphatic heterocycles. The fraction of sp³-hybridized carbons (Fsp3) is 0.615. The van der Waals surface area contributed by atoms with Gasteiger partial charge in [-0.3, -0.25) is 23.4 Å².